The predicted molar refractivity (Wildman–Crippen MR) is 30.0 cm³/mol. The van der Waals surface area contributed by atoms with E-state index in [0.717, 1.165) is 13.0 Å². The van der Waals surface area contributed by atoms with Crippen LogP contribution in [0.5, 0.6) is 0 Å². The molecule has 1 atom stereocenters. The first-order valence-electron chi connectivity index (χ1n) is 3.16. The second-order valence-electron chi connectivity index (χ2n) is 2.51. The van der Waals surface area contributed by atoms with Crippen molar-refractivity contribution in [3.8, 4) is 0 Å². The molecule has 2 nitrogen and oxygen atoms in total. The Hall–Kier alpha value is 1.56. The van der Waals surface area contributed by atoms with Crippen molar-refractivity contribution in [2.75, 3.05) is 6.54 Å². The standard InChI is InChI=1S/C6H10NO.K/c1-2-6(7-4-1)3-5-8-6;/h5,7H,1-4H2;/q-1;+1. The maximum atomic E-state index is 5.24. The molecule has 2 fully saturated rings. The summed E-state index contributed by atoms with van der Waals surface area (Å²) in [4.78, 5) is 0. The van der Waals surface area contributed by atoms with Gasteiger partial charge in [-0.1, -0.05) is 0 Å². The Kier molecular flexibility index (Phi) is 3.17. The SMILES string of the molecule is [CH-]1CC2(CCCN2)O1.[K+]. The number of rotatable bonds is 0. The van der Waals surface area contributed by atoms with Gasteiger partial charge in [-0.3, -0.25) is 5.32 Å². The molecule has 2 aliphatic rings. The number of ether oxygens (including phenoxy) is 1. The van der Waals surface area contributed by atoms with Crippen LogP contribution >= 0.6 is 0 Å². The molecule has 1 N–H and O–H groups in total. The van der Waals surface area contributed by atoms with Gasteiger partial charge in [0.2, 0.25) is 0 Å². The average molecular weight is 151 g/mol. The molecular formula is C6H10KNO. The summed E-state index contributed by atoms with van der Waals surface area (Å²) in [6, 6.07) is 0. The van der Waals surface area contributed by atoms with Gasteiger partial charge in [0.15, 0.2) is 0 Å². The van der Waals surface area contributed by atoms with Gasteiger partial charge in [-0.15, -0.1) is 6.42 Å². The number of hydrogen-bond donors (Lipinski definition) is 1. The number of nitrogens with one attached hydrogen (secondary N) is 1. The van der Waals surface area contributed by atoms with Crippen LogP contribution in [0.2, 0.25) is 0 Å². The third kappa shape index (κ3) is 1.58. The Morgan fingerprint density at radius 1 is 1.56 bits per heavy atom. The van der Waals surface area contributed by atoms with Crippen molar-refractivity contribution in [1.82, 2.24) is 5.32 Å². The van der Waals surface area contributed by atoms with E-state index in [-0.39, 0.29) is 57.1 Å². The van der Waals surface area contributed by atoms with Crippen LogP contribution in [0, 0.1) is 6.61 Å². The summed E-state index contributed by atoms with van der Waals surface area (Å²) in [5.74, 6) is 0. The smallest absolute Gasteiger partial charge is 0.538 e. The first kappa shape index (κ1) is 8.65. The van der Waals surface area contributed by atoms with Gasteiger partial charge < -0.3 is 4.74 Å². The van der Waals surface area contributed by atoms with E-state index in [1.807, 2.05) is 6.61 Å². The van der Waals surface area contributed by atoms with Gasteiger partial charge in [0, 0.05) is 0 Å². The molecule has 9 heavy (non-hydrogen) atoms. The van der Waals surface area contributed by atoms with Gasteiger partial charge in [0.25, 0.3) is 0 Å². The van der Waals surface area contributed by atoms with Crippen molar-refractivity contribution in [2.45, 2.75) is 25.0 Å². The molecule has 0 amide bonds. The van der Waals surface area contributed by atoms with Crippen LogP contribution in [0.4, 0.5) is 0 Å². The summed E-state index contributed by atoms with van der Waals surface area (Å²) in [5, 5.41) is 3.32. The molecule has 2 rings (SSSR count). The quantitative estimate of drug-likeness (QED) is 0.309. The van der Waals surface area contributed by atoms with Crippen molar-refractivity contribution in [2.24, 2.45) is 0 Å². The average Bonchev–Trinajstić information content (AvgIpc) is 2.07. The zero-order chi connectivity index (χ0) is 5.45. The fraction of sp³-hybridized carbons (Fsp3) is 0.833. The Morgan fingerprint density at radius 2 is 2.33 bits per heavy atom. The minimum Gasteiger partial charge on any atom is -0.538 e. The Labute approximate surface area is 98.1 Å². The second-order valence-corrected chi connectivity index (χ2v) is 2.51. The van der Waals surface area contributed by atoms with Gasteiger partial charge in [0.05, 0.1) is 5.72 Å². The fourth-order valence-electron chi connectivity index (χ4n) is 1.34. The minimum atomic E-state index is 0. The molecule has 0 saturated carbocycles. The van der Waals surface area contributed by atoms with Crippen LogP contribution in [0.3, 0.4) is 0 Å². The van der Waals surface area contributed by atoms with E-state index >= 15 is 0 Å². The molecular weight excluding hydrogens is 141 g/mol. The van der Waals surface area contributed by atoms with Crippen LogP contribution in [0.15, 0.2) is 0 Å². The van der Waals surface area contributed by atoms with Crippen LogP contribution in [-0.4, -0.2) is 12.3 Å². The van der Waals surface area contributed by atoms with Gasteiger partial charge in [0.1, 0.15) is 0 Å². The van der Waals surface area contributed by atoms with Gasteiger partial charge in [-0.05, 0) is 19.4 Å². The van der Waals surface area contributed by atoms with Crippen LogP contribution in [-0.2, 0) is 4.74 Å². The summed E-state index contributed by atoms with van der Waals surface area (Å²) in [6.07, 6.45) is 3.57. The maximum absolute atomic E-state index is 5.24. The summed E-state index contributed by atoms with van der Waals surface area (Å²) < 4.78 is 5.24. The Bertz CT molecular complexity index is 95.2. The largest absolute Gasteiger partial charge is 1.00 e. The van der Waals surface area contributed by atoms with E-state index in [1.165, 1.54) is 12.8 Å². The third-order valence-electron chi connectivity index (χ3n) is 1.93. The third-order valence-corrected chi connectivity index (χ3v) is 1.93. The van der Waals surface area contributed by atoms with Crippen molar-refractivity contribution in [1.29, 1.82) is 0 Å². The Morgan fingerprint density at radius 3 is 2.56 bits per heavy atom. The first-order valence-corrected chi connectivity index (χ1v) is 3.16. The van der Waals surface area contributed by atoms with Crippen molar-refractivity contribution < 1.29 is 56.1 Å². The van der Waals surface area contributed by atoms with Crippen LogP contribution in [0.1, 0.15) is 19.3 Å². The van der Waals surface area contributed by atoms with Gasteiger partial charge in [-0.25, -0.2) is 6.61 Å². The molecule has 3 heteroatoms. The monoisotopic (exact) mass is 151 g/mol. The molecule has 1 spiro atoms. The molecule has 0 aliphatic carbocycles. The molecule has 0 aromatic carbocycles. The van der Waals surface area contributed by atoms with Crippen molar-refractivity contribution in [3.05, 3.63) is 6.61 Å². The topological polar surface area (TPSA) is 21.3 Å². The van der Waals surface area contributed by atoms with E-state index in [1.54, 1.807) is 0 Å². The predicted octanol–water partition coefficient (Wildman–Crippen LogP) is -2.35. The molecule has 46 valence electrons. The molecule has 0 radical (unpaired) electrons. The molecule has 0 bridgehead atoms. The summed E-state index contributed by atoms with van der Waals surface area (Å²) in [5.41, 5.74) is 0.111. The molecule has 0 aromatic rings. The zero-order valence-electron chi connectivity index (χ0n) is 5.81. The van der Waals surface area contributed by atoms with Gasteiger partial charge in [-0.2, -0.15) is 0 Å². The van der Waals surface area contributed by atoms with E-state index in [4.69, 9.17) is 4.74 Å². The number of hydrogen-bond acceptors (Lipinski definition) is 2. The zero-order valence-corrected chi connectivity index (χ0v) is 8.94. The molecule has 1 unspecified atom stereocenters. The fourth-order valence-corrected chi connectivity index (χ4v) is 1.34. The van der Waals surface area contributed by atoms with Crippen molar-refractivity contribution in [3.63, 3.8) is 0 Å². The summed E-state index contributed by atoms with van der Waals surface area (Å²) >= 11 is 0. The van der Waals surface area contributed by atoms with Crippen LogP contribution in [0.25, 0.3) is 0 Å². The van der Waals surface area contributed by atoms with E-state index in [2.05, 4.69) is 5.32 Å². The maximum Gasteiger partial charge on any atom is 1.00 e. The van der Waals surface area contributed by atoms with E-state index < -0.39 is 0 Å². The minimum absolute atomic E-state index is 0. The molecule has 0 aromatic heterocycles. The van der Waals surface area contributed by atoms with E-state index in [9.17, 15) is 0 Å². The summed E-state index contributed by atoms with van der Waals surface area (Å²) in [6.45, 7) is 3.01. The van der Waals surface area contributed by atoms with E-state index in [0.29, 0.717) is 0 Å². The van der Waals surface area contributed by atoms with Gasteiger partial charge >= 0.3 is 51.4 Å². The second kappa shape index (κ2) is 3.30. The van der Waals surface area contributed by atoms with Crippen molar-refractivity contribution >= 4 is 0 Å². The molecule has 2 aliphatic heterocycles. The molecule has 2 saturated heterocycles. The molecule has 2 heterocycles. The van der Waals surface area contributed by atoms with Crippen LogP contribution < -0.4 is 56.7 Å². The first-order chi connectivity index (χ1) is 3.91. The normalized spacial score (nSPS) is 40.0. The summed E-state index contributed by atoms with van der Waals surface area (Å²) in [7, 11) is 0. The Balaban J connectivity index is 0.000000405.